The highest BCUT2D eigenvalue weighted by Gasteiger charge is 2.06. The van der Waals surface area contributed by atoms with Crippen LogP contribution in [0.3, 0.4) is 0 Å². The second kappa shape index (κ2) is 5.41. The summed E-state index contributed by atoms with van der Waals surface area (Å²) < 4.78 is 0. The lowest BCUT2D eigenvalue weighted by Crippen LogP contribution is -2.17. The fourth-order valence-corrected chi connectivity index (χ4v) is 1.95. The molecule has 1 unspecified atom stereocenters. The average Bonchev–Trinajstić information content (AvgIpc) is 2.10. The molecule has 0 aromatic heterocycles. The Labute approximate surface area is 97.8 Å². The van der Waals surface area contributed by atoms with Crippen LogP contribution in [0.2, 0.25) is 5.02 Å². The third kappa shape index (κ3) is 4.13. The molecule has 1 rings (SSSR count). The normalized spacial score (nSPS) is 12.9. The van der Waals surface area contributed by atoms with E-state index in [-0.39, 0.29) is 0 Å². The highest BCUT2D eigenvalue weighted by atomic mass is 35.5. The van der Waals surface area contributed by atoms with Crippen LogP contribution in [0.15, 0.2) is 18.2 Å². The maximum Gasteiger partial charge on any atom is 0.0426 e. The van der Waals surface area contributed by atoms with Gasteiger partial charge in [-0.2, -0.15) is 0 Å². The van der Waals surface area contributed by atoms with Crippen molar-refractivity contribution in [3.05, 3.63) is 28.8 Å². The van der Waals surface area contributed by atoms with Gasteiger partial charge in [-0.05, 0) is 43.9 Å². The van der Waals surface area contributed by atoms with Crippen LogP contribution >= 0.6 is 11.6 Å². The van der Waals surface area contributed by atoms with Crippen LogP contribution in [0.1, 0.15) is 32.8 Å². The summed E-state index contributed by atoms with van der Waals surface area (Å²) in [5, 5.41) is 4.29. The minimum absolute atomic E-state index is 0.488. The van der Waals surface area contributed by atoms with Crippen molar-refractivity contribution in [1.29, 1.82) is 0 Å². The van der Waals surface area contributed by atoms with E-state index in [9.17, 15) is 0 Å². The van der Waals surface area contributed by atoms with Crippen LogP contribution in [-0.4, -0.2) is 6.04 Å². The van der Waals surface area contributed by atoms with E-state index >= 15 is 0 Å². The molecular formula is C13H20ClN. The molecule has 1 aromatic carbocycles. The van der Waals surface area contributed by atoms with Gasteiger partial charge >= 0.3 is 0 Å². The number of hydrogen-bond acceptors (Lipinski definition) is 1. The maximum atomic E-state index is 5.97. The SMILES string of the molecule is Cc1ccc(Cl)cc1NC(C)CC(C)C. The number of aryl methyl sites for hydroxylation is 1. The summed E-state index contributed by atoms with van der Waals surface area (Å²) in [5.74, 6) is 0.715. The summed E-state index contributed by atoms with van der Waals surface area (Å²) in [4.78, 5) is 0. The monoisotopic (exact) mass is 225 g/mol. The molecule has 0 bridgehead atoms. The molecule has 15 heavy (non-hydrogen) atoms. The lowest BCUT2D eigenvalue weighted by molar-refractivity contribution is 0.539. The Balaban J connectivity index is 2.67. The lowest BCUT2D eigenvalue weighted by Gasteiger charge is -2.18. The molecule has 0 heterocycles. The second-order valence-electron chi connectivity index (χ2n) is 4.63. The number of anilines is 1. The number of rotatable bonds is 4. The van der Waals surface area contributed by atoms with Crippen molar-refractivity contribution in [2.24, 2.45) is 5.92 Å². The molecule has 1 atom stereocenters. The zero-order valence-electron chi connectivity index (χ0n) is 9.97. The molecule has 1 aromatic rings. The first-order chi connectivity index (χ1) is 6.99. The van der Waals surface area contributed by atoms with Gasteiger partial charge in [0.2, 0.25) is 0 Å². The molecule has 1 N–H and O–H groups in total. The van der Waals surface area contributed by atoms with Gasteiger partial charge in [0.1, 0.15) is 0 Å². The third-order valence-electron chi connectivity index (χ3n) is 2.43. The number of halogens is 1. The molecule has 0 saturated carbocycles. The van der Waals surface area contributed by atoms with Gasteiger partial charge in [0, 0.05) is 16.8 Å². The first kappa shape index (κ1) is 12.4. The topological polar surface area (TPSA) is 12.0 Å². The van der Waals surface area contributed by atoms with E-state index in [0.717, 1.165) is 10.7 Å². The van der Waals surface area contributed by atoms with E-state index in [1.807, 2.05) is 18.2 Å². The summed E-state index contributed by atoms with van der Waals surface area (Å²) in [6, 6.07) is 6.46. The first-order valence-electron chi connectivity index (χ1n) is 5.51. The van der Waals surface area contributed by atoms with E-state index in [1.165, 1.54) is 12.0 Å². The zero-order chi connectivity index (χ0) is 11.4. The van der Waals surface area contributed by atoms with E-state index in [0.29, 0.717) is 12.0 Å². The number of nitrogens with one attached hydrogen (secondary N) is 1. The second-order valence-corrected chi connectivity index (χ2v) is 5.07. The number of benzene rings is 1. The third-order valence-corrected chi connectivity index (χ3v) is 2.66. The Bertz CT molecular complexity index is 320. The van der Waals surface area contributed by atoms with Crippen molar-refractivity contribution in [1.82, 2.24) is 0 Å². The first-order valence-corrected chi connectivity index (χ1v) is 5.89. The molecule has 0 aliphatic heterocycles. The molecule has 0 spiro atoms. The summed E-state index contributed by atoms with van der Waals surface area (Å²) in [6.45, 7) is 8.78. The minimum Gasteiger partial charge on any atom is -0.382 e. The molecule has 0 amide bonds. The summed E-state index contributed by atoms with van der Waals surface area (Å²) in [6.07, 6.45) is 1.17. The molecule has 0 aliphatic carbocycles. The van der Waals surface area contributed by atoms with Crippen LogP contribution in [0, 0.1) is 12.8 Å². The molecular weight excluding hydrogens is 206 g/mol. The van der Waals surface area contributed by atoms with E-state index < -0.39 is 0 Å². The Kier molecular flexibility index (Phi) is 4.46. The maximum absolute atomic E-state index is 5.97. The van der Waals surface area contributed by atoms with Crippen molar-refractivity contribution in [2.45, 2.75) is 40.2 Å². The van der Waals surface area contributed by atoms with Crippen molar-refractivity contribution >= 4 is 17.3 Å². The van der Waals surface area contributed by atoms with E-state index in [1.54, 1.807) is 0 Å². The Morgan fingerprint density at radius 3 is 2.53 bits per heavy atom. The molecule has 1 nitrogen and oxygen atoms in total. The van der Waals surface area contributed by atoms with Gasteiger partial charge in [0.05, 0.1) is 0 Å². The standard InChI is InChI=1S/C13H20ClN/c1-9(2)7-11(4)15-13-8-12(14)6-5-10(13)3/h5-6,8-9,11,15H,7H2,1-4H3. The number of hydrogen-bond donors (Lipinski definition) is 1. The highest BCUT2D eigenvalue weighted by Crippen LogP contribution is 2.22. The van der Waals surface area contributed by atoms with E-state index in [2.05, 4.69) is 33.0 Å². The lowest BCUT2D eigenvalue weighted by atomic mass is 10.0. The highest BCUT2D eigenvalue weighted by molar-refractivity contribution is 6.30. The minimum atomic E-state index is 0.488. The molecule has 0 radical (unpaired) electrons. The van der Waals surface area contributed by atoms with Gasteiger partial charge in [0.25, 0.3) is 0 Å². The average molecular weight is 226 g/mol. The van der Waals surface area contributed by atoms with Crippen LogP contribution < -0.4 is 5.32 Å². The largest absolute Gasteiger partial charge is 0.382 e. The Hall–Kier alpha value is -0.690. The van der Waals surface area contributed by atoms with Crippen LogP contribution in [-0.2, 0) is 0 Å². The Morgan fingerprint density at radius 1 is 1.27 bits per heavy atom. The summed E-state index contributed by atoms with van der Waals surface area (Å²) >= 11 is 5.97. The van der Waals surface area contributed by atoms with Gasteiger partial charge in [-0.25, -0.2) is 0 Å². The van der Waals surface area contributed by atoms with Gasteiger partial charge < -0.3 is 5.32 Å². The molecule has 84 valence electrons. The van der Waals surface area contributed by atoms with Crippen molar-refractivity contribution in [3.63, 3.8) is 0 Å². The predicted octanol–water partition coefficient (Wildman–Crippen LogP) is 4.49. The van der Waals surface area contributed by atoms with Gasteiger partial charge in [-0.3, -0.25) is 0 Å². The summed E-state index contributed by atoms with van der Waals surface area (Å²) in [7, 11) is 0. The van der Waals surface area contributed by atoms with Crippen molar-refractivity contribution < 1.29 is 0 Å². The van der Waals surface area contributed by atoms with Gasteiger partial charge in [-0.15, -0.1) is 0 Å². The van der Waals surface area contributed by atoms with Crippen molar-refractivity contribution in [2.75, 3.05) is 5.32 Å². The quantitative estimate of drug-likeness (QED) is 0.796. The summed E-state index contributed by atoms with van der Waals surface area (Å²) in [5.41, 5.74) is 2.39. The van der Waals surface area contributed by atoms with Gasteiger partial charge in [-0.1, -0.05) is 31.5 Å². The fraction of sp³-hybridized carbons (Fsp3) is 0.538. The van der Waals surface area contributed by atoms with Crippen molar-refractivity contribution in [3.8, 4) is 0 Å². The van der Waals surface area contributed by atoms with Crippen LogP contribution in [0.4, 0.5) is 5.69 Å². The molecule has 0 saturated heterocycles. The van der Waals surface area contributed by atoms with E-state index in [4.69, 9.17) is 11.6 Å². The van der Waals surface area contributed by atoms with Gasteiger partial charge in [0.15, 0.2) is 0 Å². The fourth-order valence-electron chi connectivity index (χ4n) is 1.78. The van der Waals surface area contributed by atoms with Crippen LogP contribution in [0.5, 0.6) is 0 Å². The smallest absolute Gasteiger partial charge is 0.0426 e. The predicted molar refractivity (Wildman–Crippen MR) is 68.7 cm³/mol. The zero-order valence-corrected chi connectivity index (χ0v) is 10.7. The van der Waals surface area contributed by atoms with Crippen LogP contribution in [0.25, 0.3) is 0 Å². The molecule has 2 heteroatoms. The molecule has 0 fully saturated rings. The Morgan fingerprint density at radius 2 is 1.93 bits per heavy atom. The molecule has 0 aliphatic rings.